The van der Waals surface area contributed by atoms with Gasteiger partial charge in [-0.3, -0.25) is 14.4 Å². The fourth-order valence-electron chi connectivity index (χ4n) is 5.37. The number of rotatable bonds is 6. The lowest BCUT2D eigenvalue weighted by atomic mass is 9.95. The third kappa shape index (κ3) is 4.69. The molecule has 2 amide bonds. The molecule has 2 aliphatic rings. The first-order valence-corrected chi connectivity index (χ1v) is 12.1. The van der Waals surface area contributed by atoms with E-state index in [9.17, 15) is 14.4 Å². The highest BCUT2D eigenvalue weighted by Crippen LogP contribution is 2.50. The normalized spacial score (nSPS) is 17.3. The van der Waals surface area contributed by atoms with Crippen molar-refractivity contribution >= 4 is 17.5 Å². The van der Waals surface area contributed by atoms with Crippen LogP contribution in [0.5, 0.6) is 17.2 Å². The average molecular weight is 496 g/mol. The largest absolute Gasteiger partial charge is 0.493 e. The van der Waals surface area contributed by atoms with E-state index in [-0.39, 0.29) is 29.2 Å². The van der Waals surface area contributed by atoms with Gasteiger partial charge in [0.1, 0.15) is 0 Å². The molecule has 4 rings (SSSR count). The first-order valence-electron chi connectivity index (χ1n) is 12.1. The number of fused-ring (bicyclic) bond motifs is 3. The van der Waals surface area contributed by atoms with Crippen molar-refractivity contribution in [3.63, 3.8) is 0 Å². The van der Waals surface area contributed by atoms with Crippen LogP contribution in [-0.2, 0) is 16.0 Å². The second kappa shape index (κ2) is 10.5. The molecule has 1 atom stereocenters. The molecule has 0 saturated carbocycles. The second-order valence-electron chi connectivity index (χ2n) is 9.23. The van der Waals surface area contributed by atoms with Gasteiger partial charge in [0.15, 0.2) is 11.5 Å². The Morgan fingerprint density at radius 2 is 1.69 bits per heavy atom. The predicted octanol–water partition coefficient (Wildman–Crippen LogP) is 2.56. The molecule has 2 aromatic carbocycles. The minimum atomic E-state index is -0.361. The van der Waals surface area contributed by atoms with Gasteiger partial charge in [-0.15, -0.1) is 0 Å². The Kier molecular flexibility index (Phi) is 7.37. The highest BCUT2D eigenvalue weighted by atomic mass is 16.5. The number of anilines is 1. The summed E-state index contributed by atoms with van der Waals surface area (Å²) in [5.74, 6) is 0.883. The predicted molar refractivity (Wildman–Crippen MR) is 137 cm³/mol. The van der Waals surface area contributed by atoms with E-state index in [4.69, 9.17) is 19.9 Å². The van der Waals surface area contributed by atoms with Gasteiger partial charge in [-0.25, -0.2) is 0 Å². The molecular weight excluding hydrogens is 462 g/mol. The summed E-state index contributed by atoms with van der Waals surface area (Å²) >= 11 is 0. The number of piperidine rings is 1. The van der Waals surface area contributed by atoms with Crippen molar-refractivity contribution in [2.75, 3.05) is 39.3 Å². The Hall–Kier alpha value is -3.75. The maximum absolute atomic E-state index is 13.5. The van der Waals surface area contributed by atoms with Gasteiger partial charge in [-0.05, 0) is 60.6 Å². The summed E-state index contributed by atoms with van der Waals surface area (Å²) in [6.07, 6.45) is 2.45. The first kappa shape index (κ1) is 25.3. The standard InChI is InChI=1S/C27H33N3O6/c1-15(31)29-20-7-5-17-13-23(34-2)25(35-3)26(36-4)24(17)18-6-8-21(22(32)14-19(18)20)30-11-9-16(10-12-30)27(28)33/h6,8,13-14,16,20H,5,7,9-12H2,1-4H3,(H2,28,33)(H,29,31). The SMILES string of the molecule is COc1cc2c(c(OC)c1OC)-c1ccc(N3CCC(C(N)=O)CC3)c(=O)cc1C(NC(C)=O)CC2. The van der Waals surface area contributed by atoms with E-state index in [0.717, 1.165) is 22.3 Å². The van der Waals surface area contributed by atoms with Crippen molar-refractivity contribution in [2.45, 2.75) is 38.6 Å². The quantitative estimate of drug-likeness (QED) is 0.632. The van der Waals surface area contributed by atoms with E-state index in [1.165, 1.54) is 6.92 Å². The number of nitrogens with two attached hydrogens (primary N) is 1. The highest BCUT2D eigenvalue weighted by Gasteiger charge is 2.30. The summed E-state index contributed by atoms with van der Waals surface area (Å²) in [6, 6.07) is 6.93. The fourth-order valence-corrected chi connectivity index (χ4v) is 5.37. The van der Waals surface area contributed by atoms with Crippen LogP contribution in [0.2, 0.25) is 0 Å². The third-order valence-corrected chi connectivity index (χ3v) is 7.13. The Bertz CT molecular complexity index is 1240. The Balaban J connectivity index is 1.92. The number of nitrogens with one attached hydrogen (secondary N) is 1. The van der Waals surface area contributed by atoms with Crippen molar-refractivity contribution in [1.29, 1.82) is 0 Å². The summed E-state index contributed by atoms with van der Waals surface area (Å²) < 4.78 is 17.0. The van der Waals surface area contributed by atoms with Gasteiger partial charge in [-0.2, -0.15) is 0 Å². The van der Waals surface area contributed by atoms with E-state index in [1.54, 1.807) is 27.4 Å². The van der Waals surface area contributed by atoms with Crippen molar-refractivity contribution in [1.82, 2.24) is 5.32 Å². The minimum absolute atomic E-state index is 0.146. The minimum Gasteiger partial charge on any atom is -0.493 e. The zero-order chi connectivity index (χ0) is 26.0. The van der Waals surface area contributed by atoms with Gasteiger partial charge in [0.2, 0.25) is 23.0 Å². The number of carbonyl (C=O) groups excluding carboxylic acids is 2. The molecule has 1 heterocycles. The second-order valence-corrected chi connectivity index (χ2v) is 9.23. The number of nitrogens with zero attached hydrogens (tertiary/aromatic N) is 1. The topological polar surface area (TPSA) is 120 Å². The van der Waals surface area contributed by atoms with Crippen LogP contribution in [-0.4, -0.2) is 46.2 Å². The maximum Gasteiger partial charge on any atom is 0.220 e. The van der Waals surface area contributed by atoms with Gasteiger partial charge in [0.05, 0.1) is 33.1 Å². The summed E-state index contributed by atoms with van der Waals surface area (Å²) in [6.45, 7) is 2.61. The van der Waals surface area contributed by atoms with Gasteiger partial charge in [-0.1, -0.05) is 6.07 Å². The van der Waals surface area contributed by atoms with Crippen molar-refractivity contribution in [3.8, 4) is 28.4 Å². The third-order valence-electron chi connectivity index (χ3n) is 7.13. The molecule has 1 unspecified atom stereocenters. The van der Waals surface area contributed by atoms with Crippen molar-refractivity contribution in [3.05, 3.63) is 45.6 Å². The Morgan fingerprint density at radius 3 is 2.28 bits per heavy atom. The monoisotopic (exact) mass is 495 g/mol. The van der Waals surface area contributed by atoms with Gasteiger partial charge < -0.3 is 30.2 Å². The Labute approximate surface area is 210 Å². The molecule has 0 radical (unpaired) electrons. The van der Waals surface area contributed by atoms with Gasteiger partial charge in [0, 0.05) is 31.5 Å². The Morgan fingerprint density at radius 1 is 1.00 bits per heavy atom. The number of hydrogen-bond acceptors (Lipinski definition) is 7. The fraction of sp³-hybridized carbons (Fsp3) is 0.444. The number of primary amides is 1. The molecule has 1 saturated heterocycles. The number of benzene rings is 1. The molecule has 9 nitrogen and oxygen atoms in total. The maximum atomic E-state index is 13.5. The highest BCUT2D eigenvalue weighted by molar-refractivity contribution is 5.84. The smallest absolute Gasteiger partial charge is 0.220 e. The first-order chi connectivity index (χ1) is 17.3. The van der Waals surface area contributed by atoms with Crippen LogP contribution in [0.3, 0.4) is 0 Å². The summed E-state index contributed by atoms with van der Waals surface area (Å²) in [7, 11) is 4.70. The van der Waals surface area contributed by atoms with Crippen LogP contribution < -0.4 is 35.6 Å². The van der Waals surface area contributed by atoms with E-state index in [1.807, 2.05) is 23.1 Å². The van der Waals surface area contributed by atoms with Gasteiger partial charge >= 0.3 is 0 Å². The molecule has 9 heteroatoms. The van der Waals surface area contributed by atoms with Crippen molar-refractivity contribution < 1.29 is 23.8 Å². The molecular formula is C27H33N3O6. The number of aryl methyl sites for hydroxylation is 1. The zero-order valence-electron chi connectivity index (χ0n) is 21.2. The summed E-state index contributed by atoms with van der Waals surface area (Å²) in [5.41, 5.74) is 9.18. The number of carbonyl (C=O) groups is 2. The van der Waals surface area contributed by atoms with Gasteiger partial charge in [0.25, 0.3) is 0 Å². The van der Waals surface area contributed by atoms with Crippen LogP contribution in [0.25, 0.3) is 11.1 Å². The molecule has 0 aromatic heterocycles. The zero-order valence-corrected chi connectivity index (χ0v) is 21.2. The molecule has 0 spiro atoms. The van der Waals surface area contributed by atoms with Crippen LogP contribution in [0, 0.1) is 5.92 Å². The molecule has 0 bridgehead atoms. The molecule has 36 heavy (non-hydrogen) atoms. The number of amides is 2. The molecule has 1 aliphatic heterocycles. The van der Waals surface area contributed by atoms with E-state index < -0.39 is 0 Å². The lowest BCUT2D eigenvalue weighted by molar-refractivity contribution is -0.122. The lowest BCUT2D eigenvalue weighted by Crippen LogP contribution is -2.40. The number of methoxy groups -OCH3 is 3. The molecule has 1 fully saturated rings. The number of ether oxygens (including phenoxy) is 3. The lowest BCUT2D eigenvalue weighted by Gasteiger charge is -2.31. The van der Waals surface area contributed by atoms with E-state index >= 15 is 0 Å². The van der Waals surface area contributed by atoms with Crippen molar-refractivity contribution in [2.24, 2.45) is 11.7 Å². The number of hydrogen-bond donors (Lipinski definition) is 2. The van der Waals surface area contributed by atoms with E-state index in [0.29, 0.717) is 61.7 Å². The molecule has 2 aromatic rings. The molecule has 192 valence electrons. The van der Waals surface area contributed by atoms with Crippen LogP contribution in [0.15, 0.2) is 29.1 Å². The summed E-state index contributed by atoms with van der Waals surface area (Å²) in [4.78, 5) is 39.2. The van der Waals surface area contributed by atoms with E-state index in [2.05, 4.69) is 5.32 Å². The molecule has 1 aliphatic carbocycles. The van der Waals surface area contributed by atoms with Crippen LogP contribution in [0.1, 0.15) is 43.4 Å². The van der Waals surface area contributed by atoms with Crippen LogP contribution in [0.4, 0.5) is 5.69 Å². The van der Waals surface area contributed by atoms with Crippen LogP contribution >= 0.6 is 0 Å². The molecule has 3 N–H and O–H groups in total. The summed E-state index contributed by atoms with van der Waals surface area (Å²) in [5, 5.41) is 3.02. The average Bonchev–Trinajstić information content (AvgIpc) is 3.11.